The fraction of sp³-hybridized carbons (Fsp3) is 0.632. The molecule has 1 aromatic rings. The van der Waals surface area contributed by atoms with Crippen LogP contribution in [0.1, 0.15) is 31.0 Å². The van der Waals surface area contributed by atoms with Crippen molar-refractivity contribution < 1.29 is 9.53 Å². The standard InChI is InChI=1S/C19H32N4O2/c1-14-6-7-18(25-5)17(12-14)16(3)21-19(24)20-15(2)13-23-10-8-22(4)9-11-23/h6-7,12,15-16H,8-11,13H2,1-5H3,(H2,20,21,24)/t15-,16+/m0/s1. The lowest BCUT2D eigenvalue weighted by Crippen LogP contribution is -2.51. The van der Waals surface area contributed by atoms with Crippen LogP contribution in [0, 0.1) is 6.92 Å². The Morgan fingerprint density at radius 2 is 1.88 bits per heavy atom. The van der Waals surface area contributed by atoms with Crippen molar-refractivity contribution in [1.29, 1.82) is 0 Å². The largest absolute Gasteiger partial charge is 0.496 e. The van der Waals surface area contributed by atoms with Gasteiger partial charge in [0.05, 0.1) is 13.2 Å². The maximum Gasteiger partial charge on any atom is 0.315 e. The highest BCUT2D eigenvalue weighted by Crippen LogP contribution is 2.25. The Morgan fingerprint density at radius 3 is 2.52 bits per heavy atom. The number of benzene rings is 1. The lowest BCUT2D eigenvalue weighted by Gasteiger charge is -2.34. The summed E-state index contributed by atoms with van der Waals surface area (Å²) in [6.45, 7) is 11.2. The van der Waals surface area contributed by atoms with Crippen molar-refractivity contribution in [3.05, 3.63) is 29.3 Å². The molecule has 0 saturated carbocycles. The van der Waals surface area contributed by atoms with Crippen molar-refractivity contribution >= 4 is 6.03 Å². The number of nitrogens with zero attached hydrogens (tertiary/aromatic N) is 2. The monoisotopic (exact) mass is 348 g/mol. The van der Waals surface area contributed by atoms with Gasteiger partial charge in [0.2, 0.25) is 0 Å². The average Bonchev–Trinajstić information content (AvgIpc) is 2.56. The van der Waals surface area contributed by atoms with Crippen LogP contribution in [0.25, 0.3) is 0 Å². The van der Waals surface area contributed by atoms with Crippen LogP contribution in [-0.2, 0) is 0 Å². The van der Waals surface area contributed by atoms with Gasteiger partial charge in [-0.05, 0) is 33.9 Å². The van der Waals surface area contributed by atoms with E-state index in [1.54, 1.807) is 7.11 Å². The first kappa shape index (κ1) is 19.5. The minimum atomic E-state index is -0.141. The zero-order valence-corrected chi connectivity index (χ0v) is 16.1. The molecule has 1 saturated heterocycles. The van der Waals surface area contributed by atoms with Gasteiger partial charge in [-0.2, -0.15) is 0 Å². The fourth-order valence-corrected chi connectivity index (χ4v) is 3.20. The summed E-state index contributed by atoms with van der Waals surface area (Å²) < 4.78 is 5.41. The second kappa shape index (κ2) is 9.06. The number of rotatable bonds is 6. The number of nitrogens with one attached hydrogen (secondary N) is 2. The molecule has 0 bridgehead atoms. The molecular formula is C19H32N4O2. The van der Waals surface area contributed by atoms with E-state index in [9.17, 15) is 4.79 Å². The number of hydrogen-bond donors (Lipinski definition) is 2. The second-order valence-corrected chi connectivity index (χ2v) is 7.09. The van der Waals surface area contributed by atoms with Crippen LogP contribution in [0.5, 0.6) is 5.75 Å². The molecule has 25 heavy (non-hydrogen) atoms. The second-order valence-electron chi connectivity index (χ2n) is 7.09. The number of urea groups is 1. The third-order valence-corrected chi connectivity index (χ3v) is 4.70. The van der Waals surface area contributed by atoms with Crippen molar-refractivity contribution in [2.24, 2.45) is 0 Å². The van der Waals surface area contributed by atoms with E-state index in [1.165, 1.54) is 0 Å². The minimum Gasteiger partial charge on any atom is -0.496 e. The lowest BCUT2D eigenvalue weighted by molar-refractivity contribution is 0.144. The molecule has 1 heterocycles. The van der Waals surface area contributed by atoms with E-state index in [-0.39, 0.29) is 18.1 Å². The summed E-state index contributed by atoms with van der Waals surface area (Å²) in [5.74, 6) is 0.795. The third-order valence-electron chi connectivity index (χ3n) is 4.70. The van der Waals surface area contributed by atoms with Gasteiger partial charge in [-0.3, -0.25) is 4.90 Å². The summed E-state index contributed by atoms with van der Waals surface area (Å²) in [4.78, 5) is 17.1. The van der Waals surface area contributed by atoms with Gasteiger partial charge in [-0.15, -0.1) is 0 Å². The van der Waals surface area contributed by atoms with Gasteiger partial charge in [0.15, 0.2) is 0 Å². The van der Waals surface area contributed by atoms with Gasteiger partial charge in [0.1, 0.15) is 5.75 Å². The first-order chi connectivity index (χ1) is 11.9. The number of likely N-dealkylation sites (N-methyl/N-ethyl adjacent to an activating group) is 1. The molecule has 0 aromatic heterocycles. The Balaban J connectivity index is 1.84. The highest BCUT2D eigenvalue weighted by molar-refractivity contribution is 5.74. The average molecular weight is 348 g/mol. The van der Waals surface area contributed by atoms with Crippen LogP contribution in [0.15, 0.2) is 18.2 Å². The van der Waals surface area contributed by atoms with Crippen LogP contribution in [0.4, 0.5) is 4.79 Å². The quantitative estimate of drug-likeness (QED) is 0.826. The Bertz CT molecular complexity index is 571. The molecular weight excluding hydrogens is 316 g/mol. The van der Waals surface area contributed by atoms with E-state index in [0.29, 0.717) is 0 Å². The molecule has 0 aliphatic carbocycles. The number of piperazine rings is 1. The van der Waals surface area contributed by atoms with Crippen molar-refractivity contribution in [1.82, 2.24) is 20.4 Å². The highest BCUT2D eigenvalue weighted by atomic mass is 16.5. The lowest BCUT2D eigenvalue weighted by atomic mass is 10.0. The molecule has 6 heteroatoms. The Hall–Kier alpha value is -1.79. The van der Waals surface area contributed by atoms with Gasteiger partial charge in [0.25, 0.3) is 0 Å². The number of ether oxygens (including phenoxy) is 1. The number of carbonyl (C=O) groups excluding carboxylic acids is 1. The highest BCUT2D eigenvalue weighted by Gasteiger charge is 2.19. The van der Waals surface area contributed by atoms with E-state index >= 15 is 0 Å². The summed E-state index contributed by atoms with van der Waals surface area (Å²) in [5, 5.41) is 6.06. The van der Waals surface area contributed by atoms with Crippen molar-refractivity contribution in [2.75, 3.05) is 46.9 Å². The van der Waals surface area contributed by atoms with Crippen LogP contribution in [0.3, 0.4) is 0 Å². The van der Waals surface area contributed by atoms with E-state index in [0.717, 1.165) is 49.6 Å². The normalized spacial score (nSPS) is 18.4. The summed E-state index contributed by atoms with van der Waals surface area (Å²) in [5.41, 5.74) is 2.14. The van der Waals surface area contributed by atoms with Crippen molar-refractivity contribution in [3.8, 4) is 5.75 Å². The van der Waals surface area contributed by atoms with Crippen molar-refractivity contribution in [2.45, 2.75) is 32.9 Å². The third kappa shape index (κ3) is 5.90. The van der Waals surface area contributed by atoms with Crippen molar-refractivity contribution in [3.63, 3.8) is 0 Å². The van der Waals surface area contributed by atoms with E-state index < -0.39 is 0 Å². The number of carbonyl (C=O) groups is 1. The molecule has 1 fully saturated rings. The van der Waals surface area contributed by atoms with Gasteiger partial charge in [-0.25, -0.2) is 4.79 Å². The summed E-state index contributed by atoms with van der Waals surface area (Å²) in [6, 6.07) is 5.85. The molecule has 1 aromatic carbocycles. The maximum absolute atomic E-state index is 12.3. The van der Waals surface area contributed by atoms with Gasteiger partial charge >= 0.3 is 6.03 Å². The summed E-state index contributed by atoms with van der Waals surface area (Å²) in [7, 11) is 3.80. The van der Waals surface area contributed by atoms with E-state index in [4.69, 9.17) is 4.74 Å². The number of amides is 2. The molecule has 1 aliphatic rings. The Labute approximate surface area is 151 Å². The molecule has 0 unspecified atom stereocenters. The van der Waals surface area contributed by atoms with Crippen LogP contribution < -0.4 is 15.4 Å². The van der Waals surface area contributed by atoms with Gasteiger partial charge in [-0.1, -0.05) is 17.7 Å². The number of hydrogen-bond acceptors (Lipinski definition) is 4. The minimum absolute atomic E-state index is 0.106. The number of methoxy groups -OCH3 is 1. The van der Waals surface area contributed by atoms with Crippen LogP contribution in [0.2, 0.25) is 0 Å². The van der Waals surface area contributed by atoms with E-state index in [2.05, 4.69) is 40.5 Å². The fourth-order valence-electron chi connectivity index (χ4n) is 3.20. The molecule has 0 spiro atoms. The summed E-state index contributed by atoms with van der Waals surface area (Å²) >= 11 is 0. The predicted molar refractivity (Wildman–Crippen MR) is 101 cm³/mol. The Kier molecular flexibility index (Phi) is 7.08. The first-order valence-corrected chi connectivity index (χ1v) is 9.01. The Morgan fingerprint density at radius 1 is 1.20 bits per heavy atom. The van der Waals surface area contributed by atoms with E-state index in [1.807, 2.05) is 26.0 Å². The predicted octanol–water partition coefficient (Wildman–Crippen LogP) is 2.00. The maximum atomic E-state index is 12.3. The zero-order chi connectivity index (χ0) is 18.4. The van der Waals surface area contributed by atoms with Gasteiger partial charge in [0, 0.05) is 44.3 Å². The molecule has 6 nitrogen and oxygen atoms in total. The van der Waals surface area contributed by atoms with Crippen LogP contribution in [-0.4, -0.2) is 68.8 Å². The molecule has 140 valence electrons. The molecule has 0 radical (unpaired) electrons. The molecule has 2 atom stereocenters. The first-order valence-electron chi connectivity index (χ1n) is 9.01. The van der Waals surface area contributed by atoms with Crippen LogP contribution >= 0.6 is 0 Å². The smallest absolute Gasteiger partial charge is 0.315 e. The molecule has 1 aliphatic heterocycles. The zero-order valence-electron chi connectivity index (χ0n) is 16.1. The van der Waals surface area contributed by atoms with Gasteiger partial charge < -0.3 is 20.3 Å². The topological polar surface area (TPSA) is 56.8 Å². The number of aryl methyl sites for hydroxylation is 1. The summed E-state index contributed by atoms with van der Waals surface area (Å²) in [6.07, 6.45) is 0. The SMILES string of the molecule is COc1ccc(C)cc1[C@@H](C)NC(=O)N[C@@H](C)CN1CCN(C)CC1. The molecule has 2 N–H and O–H groups in total. The molecule has 2 amide bonds. The molecule has 2 rings (SSSR count).